The summed E-state index contributed by atoms with van der Waals surface area (Å²) in [6.45, 7) is 2.27. The summed E-state index contributed by atoms with van der Waals surface area (Å²) >= 11 is 0. The molecule has 1 rings (SSSR count). The molecule has 1 unspecified atom stereocenters. The largest absolute Gasteiger partial charge is 0.467 e. The fourth-order valence-corrected chi connectivity index (χ4v) is 1.49. The van der Waals surface area contributed by atoms with E-state index in [1.54, 1.807) is 19.0 Å². The van der Waals surface area contributed by atoms with E-state index in [1.165, 1.54) is 7.11 Å². The normalized spacial score (nSPS) is 11.6. The number of carbonyl (C=O) groups excluding carboxylic acids is 1. The zero-order valence-electron chi connectivity index (χ0n) is 11.5. The molecule has 0 aromatic carbocycles. The Kier molecular flexibility index (Phi) is 5.24. The summed E-state index contributed by atoms with van der Waals surface area (Å²) < 4.78 is 4.96. The number of aromatic nitrogens is 3. The number of anilines is 2. The SMILES string of the molecule is CNC(=O)C(C)CN(C)c1nc(NN)nc(OC)n1. The van der Waals surface area contributed by atoms with Gasteiger partial charge in [0.15, 0.2) is 0 Å². The number of nitrogens with one attached hydrogen (secondary N) is 2. The first-order valence-electron chi connectivity index (χ1n) is 5.71. The molecule has 9 nitrogen and oxygen atoms in total. The minimum absolute atomic E-state index is 0.0509. The number of hydrogen-bond acceptors (Lipinski definition) is 8. The molecule has 0 aliphatic rings. The maximum atomic E-state index is 11.5. The van der Waals surface area contributed by atoms with Crippen molar-refractivity contribution in [1.82, 2.24) is 20.3 Å². The van der Waals surface area contributed by atoms with Gasteiger partial charge in [0, 0.05) is 20.6 Å². The van der Waals surface area contributed by atoms with Crippen LogP contribution < -0.4 is 26.2 Å². The number of carbonyl (C=O) groups is 1. The molecule has 9 heteroatoms. The third kappa shape index (κ3) is 3.91. The predicted octanol–water partition coefficient (Wildman–Crippen LogP) is -1.02. The zero-order valence-corrected chi connectivity index (χ0v) is 11.5. The summed E-state index contributed by atoms with van der Waals surface area (Å²) in [5, 5.41) is 2.59. The van der Waals surface area contributed by atoms with Crippen LogP contribution in [-0.2, 0) is 4.79 Å². The molecule has 1 aromatic heterocycles. The number of nitrogen functional groups attached to an aromatic ring is 1. The number of amides is 1. The summed E-state index contributed by atoms with van der Waals surface area (Å²) in [6, 6.07) is 0.150. The smallest absolute Gasteiger partial charge is 0.322 e. The quantitative estimate of drug-likeness (QED) is 0.444. The van der Waals surface area contributed by atoms with Gasteiger partial charge in [-0.15, -0.1) is 0 Å². The lowest BCUT2D eigenvalue weighted by molar-refractivity contribution is -0.123. The Morgan fingerprint density at radius 1 is 1.47 bits per heavy atom. The van der Waals surface area contributed by atoms with E-state index >= 15 is 0 Å². The summed E-state index contributed by atoms with van der Waals surface area (Å²) in [4.78, 5) is 25.3. The second kappa shape index (κ2) is 6.69. The lowest BCUT2D eigenvalue weighted by Gasteiger charge is -2.21. The van der Waals surface area contributed by atoms with Crippen molar-refractivity contribution >= 4 is 17.8 Å². The van der Waals surface area contributed by atoms with Crippen LogP contribution in [0.3, 0.4) is 0 Å². The summed E-state index contributed by atoms with van der Waals surface area (Å²) in [7, 11) is 4.82. The molecule has 0 aliphatic heterocycles. The molecule has 0 saturated heterocycles. The van der Waals surface area contributed by atoms with E-state index in [-0.39, 0.29) is 23.8 Å². The number of methoxy groups -OCH3 is 1. The van der Waals surface area contributed by atoms with Crippen molar-refractivity contribution in [3.63, 3.8) is 0 Å². The molecule has 1 amide bonds. The van der Waals surface area contributed by atoms with Crippen LogP contribution in [0.4, 0.5) is 11.9 Å². The van der Waals surface area contributed by atoms with Gasteiger partial charge in [0.1, 0.15) is 0 Å². The fourth-order valence-electron chi connectivity index (χ4n) is 1.49. The molecule has 0 fully saturated rings. The average molecular weight is 269 g/mol. The molecule has 1 atom stereocenters. The van der Waals surface area contributed by atoms with Crippen molar-refractivity contribution in [2.75, 3.05) is 38.1 Å². The standard InChI is InChI=1S/C10H19N7O2/c1-6(7(18)12-2)5-17(3)9-13-8(16-11)14-10(15-9)19-4/h6H,5,11H2,1-4H3,(H,12,18)(H,13,14,15,16). The van der Waals surface area contributed by atoms with Crippen LogP contribution in [0.2, 0.25) is 0 Å². The van der Waals surface area contributed by atoms with Gasteiger partial charge in [-0.25, -0.2) is 5.84 Å². The molecule has 0 bridgehead atoms. The Balaban J connectivity index is 2.86. The number of nitrogens with two attached hydrogens (primary N) is 1. The maximum Gasteiger partial charge on any atom is 0.322 e. The first kappa shape index (κ1) is 14.9. The zero-order chi connectivity index (χ0) is 14.4. The maximum absolute atomic E-state index is 11.5. The Bertz CT molecular complexity index is 418. The van der Waals surface area contributed by atoms with Crippen LogP contribution in [0.15, 0.2) is 0 Å². The molecule has 0 aliphatic carbocycles. The van der Waals surface area contributed by atoms with Crippen LogP contribution in [-0.4, -0.2) is 48.6 Å². The Morgan fingerprint density at radius 3 is 2.68 bits per heavy atom. The third-order valence-electron chi connectivity index (χ3n) is 2.50. The number of ether oxygens (including phenoxy) is 1. The fraction of sp³-hybridized carbons (Fsp3) is 0.600. The van der Waals surface area contributed by atoms with Crippen LogP contribution >= 0.6 is 0 Å². The van der Waals surface area contributed by atoms with Gasteiger partial charge in [-0.1, -0.05) is 6.92 Å². The molecular formula is C10H19N7O2. The highest BCUT2D eigenvalue weighted by molar-refractivity contribution is 5.78. The van der Waals surface area contributed by atoms with Crippen LogP contribution in [0, 0.1) is 5.92 Å². The van der Waals surface area contributed by atoms with E-state index in [9.17, 15) is 4.79 Å². The highest BCUT2D eigenvalue weighted by Crippen LogP contribution is 2.14. The van der Waals surface area contributed by atoms with Gasteiger partial charge in [-0.05, 0) is 0 Å². The monoisotopic (exact) mass is 269 g/mol. The summed E-state index contributed by atoms with van der Waals surface area (Å²) in [6.07, 6.45) is 0. The van der Waals surface area contributed by atoms with Crippen molar-refractivity contribution in [3.05, 3.63) is 0 Å². The first-order chi connectivity index (χ1) is 9.01. The number of rotatable bonds is 6. The van der Waals surface area contributed by atoms with Gasteiger partial charge in [0.2, 0.25) is 17.8 Å². The molecule has 19 heavy (non-hydrogen) atoms. The first-order valence-corrected chi connectivity index (χ1v) is 5.71. The molecule has 1 aromatic rings. The molecule has 0 spiro atoms. The molecule has 1 heterocycles. The lowest BCUT2D eigenvalue weighted by atomic mass is 10.1. The van der Waals surface area contributed by atoms with E-state index in [1.807, 2.05) is 6.92 Å². The van der Waals surface area contributed by atoms with E-state index in [4.69, 9.17) is 10.6 Å². The highest BCUT2D eigenvalue weighted by Gasteiger charge is 2.17. The van der Waals surface area contributed by atoms with Crippen LogP contribution in [0.1, 0.15) is 6.92 Å². The highest BCUT2D eigenvalue weighted by atomic mass is 16.5. The minimum atomic E-state index is -0.202. The number of nitrogens with zero attached hydrogens (tertiary/aromatic N) is 4. The van der Waals surface area contributed by atoms with Gasteiger partial charge in [0.25, 0.3) is 0 Å². The lowest BCUT2D eigenvalue weighted by Crippen LogP contribution is -2.35. The Hall–Kier alpha value is -2.16. The van der Waals surface area contributed by atoms with E-state index in [0.29, 0.717) is 12.5 Å². The molecule has 0 saturated carbocycles. The topological polar surface area (TPSA) is 118 Å². The van der Waals surface area contributed by atoms with Crippen LogP contribution in [0.25, 0.3) is 0 Å². The molecular weight excluding hydrogens is 250 g/mol. The molecule has 0 radical (unpaired) electrons. The van der Waals surface area contributed by atoms with Crippen molar-refractivity contribution in [1.29, 1.82) is 0 Å². The van der Waals surface area contributed by atoms with E-state index < -0.39 is 0 Å². The van der Waals surface area contributed by atoms with Gasteiger partial charge in [0.05, 0.1) is 13.0 Å². The Morgan fingerprint density at radius 2 is 2.16 bits per heavy atom. The second-order valence-electron chi connectivity index (χ2n) is 3.99. The third-order valence-corrected chi connectivity index (χ3v) is 2.50. The van der Waals surface area contributed by atoms with Crippen molar-refractivity contribution in [2.24, 2.45) is 11.8 Å². The second-order valence-corrected chi connectivity index (χ2v) is 3.99. The summed E-state index contributed by atoms with van der Waals surface area (Å²) in [5.74, 6) is 5.59. The van der Waals surface area contributed by atoms with Gasteiger partial charge in [-0.2, -0.15) is 15.0 Å². The van der Waals surface area contributed by atoms with Crippen molar-refractivity contribution in [2.45, 2.75) is 6.92 Å². The van der Waals surface area contributed by atoms with Crippen molar-refractivity contribution < 1.29 is 9.53 Å². The Labute approximate surface area is 111 Å². The minimum Gasteiger partial charge on any atom is -0.467 e. The van der Waals surface area contributed by atoms with Gasteiger partial charge >= 0.3 is 6.01 Å². The molecule has 4 N–H and O–H groups in total. The van der Waals surface area contributed by atoms with E-state index in [2.05, 4.69) is 25.7 Å². The predicted molar refractivity (Wildman–Crippen MR) is 70.7 cm³/mol. The average Bonchev–Trinajstić information content (AvgIpc) is 2.45. The molecule has 106 valence electrons. The van der Waals surface area contributed by atoms with Gasteiger partial charge in [-0.3, -0.25) is 10.2 Å². The van der Waals surface area contributed by atoms with Crippen LogP contribution in [0.5, 0.6) is 6.01 Å². The van der Waals surface area contributed by atoms with Gasteiger partial charge < -0.3 is 15.0 Å². The number of hydrogen-bond donors (Lipinski definition) is 3. The number of hydrazine groups is 1. The van der Waals surface area contributed by atoms with E-state index in [0.717, 1.165) is 0 Å². The van der Waals surface area contributed by atoms with Crippen molar-refractivity contribution in [3.8, 4) is 6.01 Å². The summed E-state index contributed by atoms with van der Waals surface area (Å²) in [5.41, 5.74) is 2.34.